The summed E-state index contributed by atoms with van der Waals surface area (Å²) < 4.78 is 0. The van der Waals surface area contributed by atoms with Gasteiger partial charge in [-0.3, -0.25) is 0 Å². The zero-order valence-electron chi connectivity index (χ0n) is 7.15. The van der Waals surface area contributed by atoms with Crippen LogP contribution in [0.1, 0.15) is 33.1 Å². The molecule has 3 atom stereocenters. The molecule has 2 fully saturated rings. The minimum Gasteiger partial charge on any atom is -0.181 e. The molecule has 0 N–H and O–H groups in total. The van der Waals surface area contributed by atoms with E-state index in [1.54, 1.807) is 0 Å². The van der Waals surface area contributed by atoms with E-state index in [1.165, 1.54) is 19.3 Å². The molecule has 0 heterocycles. The van der Waals surface area contributed by atoms with Crippen LogP contribution in [-0.4, -0.2) is 9.55 Å². The molecule has 2 saturated carbocycles. The summed E-state index contributed by atoms with van der Waals surface area (Å²) in [5, 5.41) is 0. The third kappa shape index (κ3) is 1.14. The highest BCUT2D eigenvalue weighted by molar-refractivity contribution is 6.80. The van der Waals surface area contributed by atoms with Gasteiger partial charge < -0.3 is 0 Å². The molecule has 3 unspecified atom stereocenters. The lowest BCUT2D eigenvalue weighted by molar-refractivity contribution is 0.390. The van der Waals surface area contributed by atoms with Crippen molar-refractivity contribution in [1.29, 1.82) is 0 Å². The summed E-state index contributed by atoms with van der Waals surface area (Å²) in [5.74, 6) is 2.17. The van der Waals surface area contributed by atoms with Crippen LogP contribution in [0.3, 0.4) is 0 Å². The average molecular weight is 177 g/mol. The Labute approximate surface area is 71.5 Å². The highest BCUT2D eigenvalue weighted by Crippen LogP contribution is 2.65. The summed E-state index contributed by atoms with van der Waals surface area (Å²) in [7, 11) is 0.778. The number of rotatable bonds is 0. The van der Waals surface area contributed by atoms with Gasteiger partial charge >= 0.3 is 0 Å². The fraction of sp³-hybridized carbons (Fsp3) is 1.00. The maximum atomic E-state index is 4.78. The summed E-state index contributed by atoms with van der Waals surface area (Å²) in [4.78, 5) is 0. The molecule has 0 aliphatic heterocycles. The molecular formula is C8H17ClSi. The van der Waals surface area contributed by atoms with Gasteiger partial charge in [0, 0.05) is 0 Å². The lowest BCUT2D eigenvalue weighted by atomic mass is 9.95. The number of halogens is 1. The van der Waals surface area contributed by atoms with E-state index in [4.69, 9.17) is 11.1 Å². The van der Waals surface area contributed by atoms with Crippen molar-refractivity contribution in [3.8, 4) is 0 Å². The summed E-state index contributed by atoms with van der Waals surface area (Å²) in [5.41, 5.74) is 0.819. The van der Waals surface area contributed by atoms with E-state index in [9.17, 15) is 0 Å². The van der Waals surface area contributed by atoms with Crippen LogP contribution in [0.4, 0.5) is 0 Å². The fourth-order valence-electron chi connectivity index (χ4n) is 2.29. The van der Waals surface area contributed by atoms with Gasteiger partial charge in [0.15, 0.2) is 0 Å². The van der Waals surface area contributed by atoms with E-state index in [-0.39, 0.29) is 0 Å². The smallest absolute Gasteiger partial charge is 0.109 e. The first-order valence-electron chi connectivity index (χ1n) is 4.11. The summed E-state index contributed by atoms with van der Waals surface area (Å²) in [6.45, 7) is 4.86. The van der Waals surface area contributed by atoms with Crippen LogP contribution in [0.2, 0.25) is 0 Å². The first kappa shape index (κ1) is 8.60. The largest absolute Gasteiger partial charge is 0.181 e. The van der Waals surface area contributed by atoms with Crippen molar-refractivity contribution in [2.75, 3.05) is 0 Å². The van der Waals surface area contributed by atoms with Gasteiger partial charge in [0.1, 0.15) is 9.55 Å². The molecule has 0 radical (unpaired) electrons. The average Bonchev–Trinajstić information content (AvgIpc) is 2.56. The monoisotopic (exact) mass is 176 g/mol. The van der Waals surface area contributed by atoms with Crippen molar-refractivity contribution in [2.45, 2.75) is 33.1 Å². The maximum Gasteiger partial charge on any atom is 0.109 e. The van der Waals surface area contributed by atoms with Crippen molar-refractivity contribution in [3.63, 3.8) is 0 Å². The van der Waals surface area contributed by atoms with Crippen molar-refractivity contribution in [2.24, 2.45) is 17.3 Å². The normalized spacial score (nSPS) is 49.5. The molecule has 0 aromatic rings. The lowest BCUT2D eigenvalue weighted by Crippen LogP contribution is -2.02. The van der Waals surface area contributed by atoms with Crippen molar-refractivity contribution < 1.29 is 0 Å². The van der Waals surface area contributed by atoms with Crippen molar-refractivity contribution in [3.05, 3.63) is 0 Å². The second-order valence-electron chi connectivity index (χ2n) is 3.89. The van der Waals surface area contributed by atoms with Crippen LogP contribution in [-0.2, 0) is 0 Å². The fourth-order valence-corrected chi connectivity index (χ4v) is 2.29. The number of hydrogen-bond donors (Lipinski definition) is 0. The standard InChI is InChI=1S/C8H14.ClH3Si/c1-6-3-4-7-5-8(6,7)2;1-2/h6-7H,3-5H2,1-2H3;2H3. The quantitative estimate of drug-likeness (QED) is 0.391. The maximum absolute atomic E-state index is 4.78. The van der Waals surface area contributed by atoms with E-state index in [1.807, 2.05) is 0 Å². The van der Waals surface area contributed by atoms with Crippen LogP contribution < -0.4 is 0 Å². The number of fused-ring (bicyclic) bond motifs is 1. The molecule has 2 aliphatic carbocycles. The molecule has 60 valence electrons. The first-order chi connectivity index (χ1) is 4.73. The number of hydrogen-bond acceptors (Lipinski definition) is 0. The van der Waals surface area contributed by atoms with E-state index in [2.05, 4.69) is 13.8 Å². The zero-order chi connectivity index (χ0) is 7.78. The minimum absolute atomic E-state index is 0.778. The van der Waals surface area contributed by atoms with Crippen LogP contribution in [0.5, 0.6) is 0 Å². The third-order valence-electron chi connectivity index (χ3n) is 3.53. The second-order valence-corrected chi connectivity index (χ2v) is 3.89. The predicted molar refractivity (Wildman–Crippen MR) is 50.4 cm³/mol. The molecular weight excluding hydrogens is 160 g/mol. The zero-order valence-corrected chi connectivity index (χ0v) is 9.91. The Hall–Kier alpha value is 0.507. The van der Waals surface area contributed by atoms with Gasteiger partial charge in [0.25, 0.3) is 0 Å². The third-order valence-corrected chi connectivity index (χ3v) is 3.53. The second kappa shape index (κ2) is 2.86. The van der Waals surface area contributed by atoms with E-state index >= 15 is 0 Å². The molecule has 0 bridgehead atoms. The van der Waals surface area contributed by atoms with E-state index in [0.717, 1.165) is 26.8 Å². The van der Waals surface area contributed by atoms with Crippen LogP contribution in [0, 0.1) is 17.3 Å². The van der Waals surface area contributed by atoms with Gasteiger partial charge in [-0.2, -0.15) is 11.1 Å². The molecule has 0 saturated heterocycles. The highest BCUT2D eigenvalue weighted by atomic mass is 35.6. The molecule has 2 heteroatoms. The topological polar surface area (TPSA) is 0 Å². The minimum atomic E-state index is 0.778. The van der Waals surface area contributed by atoms with Gasteiger partial charge in [-0.25, -0.2) is 0 Å². The van der Waals surface area contributed by atoms with E-state index in [0.29, 0.717) is 0 Å². The summed E-state index contributed by atoms with van der Waals surface area (Å²) in [6, 6.07) is 0. The van der Waals surface area contributed by atoms with Crippen LogP contribution in [0.15, 0.2) is 0 Å². The molecule has 0 nitrogen and oxygen atoms in total. The van der Waals surface area contributed by atoms with Crippen LogP contribution >= 0.6 is 11.1 Å². The Morgan fingerprint density at radius 2 is 2.00 bits per heavy atom. The molecule has 0 amide bonds. The highest BCUT2D eigenvalue weighted by Gasteiger charge is 2.56. The lowest BCUT2D eigenvalue weighted by Gasteiger charge is -2.10. The van der Waals surface area contributed by atoms with Crippen molar-refractivity contribution >= 4 is 20.6 Å². The van der Waals surface area contributed by atoms with Gasteiger partial charge in [0.05, 0.1) is 0 Å². The molecule has 0 spiro atoms. The summed E-state index contributed by atoms with van der Waals surface area (Å²) >= 11 is 4.78. The summed E-state index contributed by atoms with van der Waals surface area (Å²) in [6.07, 6.45) is 4.56. The molecule has 2 aliphatic rings. The SMILES string of the molecule is CC1CCC2CC12C.[SiH3]Cl. The Balaban J connectivity index is 0.000000231. The van der Waals surface area contributed by atoms with Crippen LogP contribution in [0.25, 0.3) is 0 Å². The van der Waals surface area contributed by atoms with Gasteiger partial charge in [-0.05, 0) is 36.5 Å². The molecule has 10 heavy (non-hydrogen) atoms. The van der Waals surface area contributed by atoms with Gasteiger partial charge in [0.2, 0.25) is 0 Å². The molecule has 2 rings (SSSR count). The predicted octanol–water partition coefficient (Wildman–Crippen LogP) is 1.95. The molecule has 0 aromatic carbocycles. The Kier molecular flexibility index (Phi) is 2.46. The Morgan fingerprint density at radius 1 is 1.40 bits per heavy atom. The Bertz CT molecular complexity index is 124. The van der Waals surface area contributed by atoms with Crippen molar-refractivity contribution in [1.82, 2.24) is 0 Å². The van der Waals surface area contributed by atoms with E-state index < -0.39 is 0 Å². The van der Waals surface area contributed by atoms with Gasteiger partial charge in [-0.1, -0.05) is 13.8 Å². The Morgan fingerprint density at radius 3 is 2.10 bits per heavy atom. The van der Waals surface area contributed by atoms with Gasteiger partial charge in [-0.15, -0.1) is 0 Å². The molecule has 0 aromatic heterocycles. The first-order valence-corrected chi connectivity index (χ1v) is 7.13.